The molecule has 3 nitrogen and oxygen atoms in total. The summed E-state index contributed by atoms with van der Waals surface area (Å²) in [4.78, 5) is 8.10. The van der Waals surface area contributed by atoms with Crippen molar-refractivity contribution < 1.29 is 4.39 Å². The zero-order valence-corrected chi connectivity index (χ0v) is 13.2. The van der Waals surface area contributed by atoms with Crippen LogP contribution in [0.25, 0.3) is 0 Å². The van der Waals surface area contributed by atoms with E-state index < -0.39 is 0 Å². The van der Waals surface area contributed by atoms with Gasteiger partial charge in [-0.25, -0.2) is 9.37 Å². The first-order valence-corrected chi connectivity index (χ1v) is 8.22. The van der Waals surface area contributed by atoms with Crippen molar-refractivity contribution >= 4 is 22.2 Å². The maximum Gasteiger partial charge on any atom is 0.190 e. The van der Waals surface area contributed by atoms with Crippen LogP contribution >= 0.6 is 11.3 Å². The normalized spacial score (nSPS) is 14.4. The lowest BCUT2D eigenvalue weighted by atomic mass is 10.3. The molecule has 0 saturated heterocycles. The van der Waals surface area contributed by atoms with Crippen LogP contribution < -0.4 is 10.2 Å². The lowest BCUT2D eigenvalue weighted by molar-refractivity contribution is 0.628. The van der Waals surface area contributed by atoms with Gasteiger partial charge in [-0.15, -0.1) is 0 Å². The second-order valence-corrected chi connectivity index (χ2v) is 6.44. The fourth-order valence-electron chi connectivity index (χ4n) is 2.27. The summed E-state index contributed by atoms with van der Waals surface area (Å²) in [5.74, 6) is -0.209. The van der Waals surface area contributed by atoms with Crippen LogP contribution in [0, 0.1) is 12.7 Å². The van der Waals surface area contributed by atoms with Gasteiger partial charge >= 0.3 is 0 Å². The van der Waals surface area contributed by atoms with Crippen molar-refractivity contribution in [2.75, 3.05) is 11.4 Å². The first kappa shape index (κ1) is 14.5. The maximum atomic E-state index is 13.1. The van der Waals surface area contributed by atoms with Crippen molar-refractivity contribution in [2.45, 2.75) is 39.3 Å². The standard InChI is InChI=1S/C16H20FN3S/c1-3-20(14-8-4-12(17)5-9-14)16-19-11(2)15(21-16)10-18-13-6-7-13/h4-5,8-9,13,18H,3,6-7,10H2,1-2H3. The van der Waals surface area contributed by atoms with Gasteiger partial charge in [0, 0.05) is 29.7 Å². The molecule has 0 spiro atoms. The fourth-order valence-corrected chi connectivity index (χ4v) is 3.36. The van der Waals surface area contributed by atoms with Gasteiger partial charge in [-0.2, -0.15) is 0 Å². The van der Waals surface area contributed by atoms with Crippen LogP contribution in [0.3, 0.4) is 0 Å². The minimum atomic E-state index is -0.209. The number of halogens is 1. The number of aryl methyl sites for hydroxylation is 1. The lowest BCUT2D eigenvalue weighted by Gasteiger charge is -2.19. The van der Waals surface area contributed by atoms with Gasteiger partial charge in [0.2, 0.25) is 0 Å². The molecule has 1 fully saturated rings. The number of rotatable bonds is 6. The Morgan fingerprint density at radius 1 is 1.33 bits per heavy atom. The minimum Gasteiger partial charge on any atom is -0.318 e. The zero-order chi connectivity index (χ0) is 14.8. The van der Waals surface area contributed by atoms with Crippen molar-refractivity contribution in [3.05, 3.63) is 40.7 Å². The fraction of sp³-hybridized carbons (Fsp3) is 0.438. The molecule has 3 rings (SSSR count). The number of hydrogen-bond donors (Lipinski definition) is 1. The zero-order valence-electron chi connectivity index (χ0n) is 12.4. The highest BCUT2D eigenvalue weighted by molar-refractivity contribution is 7.15. The van der Waals surface area contributed by atoms with E-state index in [1.165, 1.54) is 29.9 Å². The van der Waals surface area contributed by atoms with Crippen LogP contribution in [-0.2, 0) is 6.54 Å². The third-order valence-corrected chi connectivity index (χ3v) is 4.88. The highest BCUT2D eigenvalue weighted by atomic mass is 32.1. The van der Waals surface area contributed by atoms with Gasteiger partial charge in [-0.1, -0.05) is 11.3 Å². The lowest BCUT2D eigenvalue weighted by Crippen LogP contribution is -2.15. The number of nitrogens with one attached hydrogen (secondary N) is 1. The summed E-state index contributed by atoms with van der Waals surface area (Å²) in [5.41, 5.74) is 2.07. The number of thiazole rings is 1. The van der Waals surface area contributed by atoms with Crippen LogP contribution in [-0.4, -0.2) is 17.6 Å². The third kappa shape index (κ3) is 3.41. The molecule has 21 heavy (non-hydrogen) atoms. The summed E-state index contributed by atoms with van der Waals surface area (Å²) in [5, 5.41) is 4.51. The van der Waals surface area contributed by atoms with Gasteiger partial charge in [0.05, 0.1) is 5.69 Å². The van der Waals surface area contributed by atoms with Crippen LogP contribution in [0.5, 0.6) is 0 Å². The first-order valence-electron chi connectivity index (χ1n) is 7.40. The molecule has 0 amide bonds. The molecule has 0 radical (unpaired) electrons. The monoisotopic (exact) mass is 305 g/mol. The average Bonchev–Trinajstić information content (AvgIpc) is 3.23. The van der Waals surface area contributed by atoms with Crippen molar-refractivity contribution in [2.24, 2.45) is 0 Å². The third-order valence-electron chi connectivity index (χ3n) is 3.70. The molecule has 0 bridgehead atoms. The maximum absolute atomic E-state index is 13.1. The van der Waals surface area contributed by atoms with E-state index in [1.807, 2.05) is 0 Å². The largest absolute Gasteiger partial charge is 0.318 e. The smallest absolute Gasteiger partial charge is 0.190 e. The van der Waals surface area contributed by atoms with E-state index in [4.69, 9.17) is 0 Å². The van der Waals surface area contributed by atoms with Crippen LogP contribution in [0.1, 0.15) is 30.3 Å². The van der Waals surface area contributed by atoms with Crippen molar-refractivity contribution in [3.63, 3.8) is 0 Å². The molecule has 1 N–H and O–H groups in total. The van der Waals surface area contributed by atoms with E-state index in [0.717, 1.165) is 29.6 Å². The van der Waals surface area contributed by atoms with E-state index >= 15 is 0 Å². The molecular weight excluding hydrogens is 285 g/mol. The van der Waals surface area contributed by atoms with E-state index in [0.29, 0.717) is 6.04 Å². The molecule has 1 aromatic carbocycles. The summed E-state index contributed by atoms with van der Waals surface area (Å²) in [6.07, 6.45) is 2.59. The summed E-state index contributed by atoms with van der Waals surface area (Å²) in [6, 6.07) is 7.30. The summed E-state index contributed by atoms with van der Waals surface area (Å²) in [6.45, 7) is 5.86. The Hall–Kier alpha value is -1.46. The van der Waals surface area contributed by atoms with E-state index in [9.17, 15) is 4.39 Å². The number of nitrogens with zero attached hydrogens (tertiary/aromatic N) is 2. The van der Waals surface area contributed by atoms with Crippen molar-refractivity contribution in [3.8, 4) is 0 Å². The second-order valence-electron chi connectivity index (χ2n) is 5.38. The van der Waals surface area contributed by atoms with E-state index in [1.54, 1.807) is 23.5 Å². The molecule has 1 saturated carbocycles. The Bertz CT molecular complexity index is 604. The highest BCUT2D eigenvalue weighted by Gasteiger charge is 2.21. The van der Waals surface area contributed by atoms with Crippen LogP contribution in [0.15, 0.2) is 24.3 Å². The number of anilines is 2. The Morgan fingerprint density at radius 3 is 2.67 bits per heavy atom. The Labute approximate surface area is 128 Å². The van der Waals surface area contributed by atoms with Gasteiger partial charge in [0.15, 0.2) is 5.13 Å². The van der Waals surface area contributed by atoms with Gasteiger partial charge in [0.1, 0.15) is 5.82 Å². The molecular formula is C16H20FN3S. The molecule has 1 aromatic heterocycles. The van der Waals surface area contributed by atoms with Gasteiger partial charge in [-0.3, -0.25) is 0 Å². The molecule has 1 aliphatic carbocycles. The molecule has 112 valence electrons. The van der Waals surface area contributed by atoms with Gasteiger partial charge in [-0.05, 0) is 51.0 Å². The molecule has 2 aromatic rings. The highest BCUT2D eigenvalue weighted by Crippen LogP contribution is 2.32. The predicted octanol–water partition coefficient (Wildman–Crippen LogP) is 4.00. The summed E-state index contributed by atoms with van der Waals surface area (Å²) >= 11 is 1.72. The van der Waals surface area contributed by atoms with Crippen LogP contribution in [0.4, 0.5) is 15.2 Å². The molecule has 1 aliphatic rings. The van der Waals surface area contributed by atoms with Gasteiger partial charge in [0.25, 0.3) is 0 Å². The van der Waals surface area contributed by atoms with E-state index in [-0.39, 0.29) is 5.82 Å². The quantitative estimate of drug-likeness (QED) is 0.874. The molecule has 0 unspecified atom stereocenters. The Balaban J connectivity index is 1.79. The van der Waals surface area contributed by atoms with Crippen molar-refractivity contribution in [1.82, 2.24) is 10.3 Å². The van der Waals surface area contributed by atoms with Crippen LogP contribution in [0.2, 0.25) is 0 Å². The SMILES string of the molecule is CCN(c1ccc(F)cc1)c1nc(C)c(CNC2CC2)s1. The first-order chi connectivity index (χ1) is 10.2. The number of benzene rings is 1. The topological polar surface area (TPSA) is 28.2 Å². The van der Waals surface area contributed by atoms with Crippen molar-refractivity contribution in [1.29, 1.82) is 0 Å². The number of aromatic nitrogens is 1. The minimum absolute atomic E-state index is 0.209. The Kier molecular flexibility index (Phi) is 4.22. The summed E-state index contributed by atoms with van der Waals surface area (Å²) in [7, 11) is 0. The second kappa shape index (κ2) is 6.12. The average molecular weight is 305 g/mol. The predicted molar refractivity (Wildman–Crippen MR) is 85.8 cm³/mol. The summed E-state index contributed by atoms with van der Waals surface area (Å²) < 4.78 is 13.1. The molecule has 5 heteroatoms. The molecule has 0 atom stereocenters. The molecule has 1 heterocycles. The van der Waals surface area contributed by atoms with Gasteiger partial charge < -0.3 is 10.2 Å². The van der Waals surface area contributed by atoms with E-state index in [2.05, 4.69) is 29.0 Å². The molecule has 0 aliphatic heterocycles. The number of hydrogen-bond acceptors (Lipinski definition) is 4. The Morgan fingerprint density at radius 2 is 2.05 bits per heavy atom.